The van der Waals surface area contributed by atoms with Crippen LogP contribution in [0.5, 0.6) is 6.01 Å². The van der Waals surface area contributed by atoms with Crippen LogP contribution in [0.2, 0.25) is 0 Å². The van der Waals surface area contributed by atoms with E-state index in [-0.39, 0.29) is 36.7 Å². The van der Waals surface area contributed by atoms with Crippen molar-refractivity contribution in [1.29, 1.82) is 5.26 Å². The molecule has 3 aliphatic rings. The third-order valence-electron chi connectivity index (χ3n) is 8.66. The summed E-state index contributed by atoms with van der Waals surface area (Å²) < 4.78 is 63.3. The van der Waals surface area contributed by atoms with E-state index in [2.05, 4.69) is 22.5 Å². The molecule has 1 aromatic heterocycles. The van der Waals surface area contributed by atoms with Crippen molar-refractivity contribution in [2.75, 3.05) is 56.7 Å². The topological polar surface area (TPSA) is 88.8 Å². The zero-order valence-electron chi connectivity index (χ0n) is 25.2. The number of carbonyl (C=O) groups excluding carboxylic acids is 1. The van der Waals surface area contributed by atoms with Gasteiger partial charge in [-0.1, -0.05) is 12.6 Å². The number of ether oxygens (including phenoxy) is 1. The molecule has 0 spiro atoms. The van der Waals surface area contributed by atoms with E-state index in [1.807, 2.05) is 19.0 Å². The first kappa shape index (κ1) is 31.5. The second-order valence-corrected chi connectivity index (χ2v) is 12.3. The normalized spacial score (nSPS) is 21.1. The molecular weight excluding hydrogens is 578 g/mol. The monoisotopic (exact) mass is 615 g/mol. The molecule has 1 saturated carbocycles. The van der Waals surface area contributed by atoms with Crippen LogP contribution in [0.3, 0.4) is 0 Å². The zero-order valence-corrected chi connectivity index (χ0v) is 25.2. The molecule has 2 atom stereocenters. The Labute approximate surface area is 254 Å². The Hall–Kier alpha value is -3.92. The fourth-order valence-corrected chi connectivity index (χ4v) is 6.37. The van der Waals surface area contributed by atoms with Gasteiger partial charge in [0.05, 0.1) is 48.6 Å². The summed E-state index contributed by atoms with van der Waals surface area (Å²) in [5, 5.41) is 9.47. The summed E-state index contributed by atoms with van der Waals surface area (Å²) in [6.07, 6.45) is -1.15. The number of hydrogen-bond acceptors (Lipinski definition) is 8. The van der Waals surface area contributed by atoms with Crippen LogP contribution >= 0.6 is 0 Å². The Morgan fingerprint density at radius 3 is 2.66 bits per heavy atom. The third-order valence-corrected chi connectivity index (χ3v) is 8.66. The first-order valence-corrected chi connectivity index (χ1v) is 14.7. The minimum atomic E-state index is -4.74. The van der Waals surface area contributed by atoms with Crippen LogP contribution in [0, 0.1) is 22.6 Å². The summed E-state index contributed by atoms with van der Waals surface area (Å²) in [7, 11) is 3.99. The maximum atomic E-state index is 15.1. The van der Waals surface area contributed by atoms with Crippen LogP contribution < -0.4 is 14.5 Å². The van der Waals surface area contributed by atoms with Gasteiger partial charge in [0.15, 0.2) is 0 Å². The lowest BCUT2D eigenvalue weighted by atomic mass is 9.96. The molecule has 5 rings (SSSR count). The van der Waals surface area contributed by atoms with Gasteiger partial charge < -0.3 is 24.3 Å². The molecule has 13 heteroatoms. The van der Waals surface area contributed by atoms with E-state index in [0.717, 1.165) is 43.1 Å². The van der Waals surface area contributed by atoms with E-state index in [0.29, 0.717) is 37.8 Å². The molecule has 0 N–H and O–H groups in total. The fourth-order valence-electron chi connectivity index (χ4n) is 6.37. The van der Waals surface area contributed by atoms with Crippen molar-refractivity contribution in [3.8, 4) is 12.1 Å². The van der Waals surface area contributed by atoms with E-state index >= 15 is 4.39 Å². The zero-order chi connectivity index (χ0) is 31.8. The maximum absolute atomic E-state index is 15.1. The number of nitrogens with zero attached hydrogens (tertiary/aromatic N) is 7. The quantitative estimate of drug-likeness (QED) is 0.303. The van der Waals surface area contributed by atoms with Crippen LogP contribution in [0.1, 0.15) is 43.0 Å². The van der Waals surface area contributed by atoms with Crippen molar-refractivity contribution in [2.24, 2.45) is 5.41 Å². The Bertz CT molecular complexity index is 1450. The average Bonchev–Trinajstić information content (AvgIpc) is 3.73. The van der Waals surface area contributed by atoms with E-state index in [4.69, 9.17) is 9.72 Å². The molecule has 1 saturated heterocycles. The molecule has 9 nitrogen and oxygen atoms in total. The van der Waals surface area contributed by atoms with Crippen LogP contribution in [-0.2, 0) is 23.9 Å². The molecule has 2 aliphatic heterocycles. The van der Waals surface area contributed by atoms with Crippen LogP contribution in [0.4, 0.5) is 29.1 Å². The number of halogens is 4. The van der Waals surface area contributed by atoms with Gasteiger partial charge in [-0.25, -0.2) is 4.39 Å². The SMILES string of the molecule is C=CC(=O)N1CCN(c2nc(OCC3(CN(C)C)CC3)nc3c2C[C@H](C)N(c2c(F)cccc2C(F)(F)F)C3)CC1CC#N. The predicted molar refractivity (Wildman–Crippen MR) is 157 cm³/mol. The summed E-state index contributed by atoms with van der Waals surface area (Å²) >= 11 is 0. The molecule has 1 unspecified atom stereocenters. The predicted octanol–water partition coefficient (Wildman–Crippen LogP) is 4.42. The standard InChI is InChI=1S/C31H37F4N7O2/c1-5-26(43)41-14-13-40(16-21(41)9-12-36)28-22-15-20(2)42(27-23(31(33,34)35)7-6-8-24(27)32)17-25(22)37-29(38-28)44-19-30(10-11-30)18-39(3)4/h5-8,20-21H,1,9-11,13-19H2,2-4H3/t20-,21?/m0/s1. The van der Waals surface area contributed by atoms with E-state index in [1.165, 1.54) is 11.0 Å². The van der Waals surface area contributed by atoms with Crippen molar-refractivity contribution in [3.63, 3.8) is 0 Å². The van der Waals surface area contributed by atoms with Gasteiger partial charge in [-0.2, -0.15) is 28.4 Å². The molecule has 2 aromatic rings. The maximum Gasteiger partial charge on any atom is 0.418 e. The number of benzene rings is 1. The van der Waals surface area contributed by atoms with Gasteiger partial charge in [-0.15, -0.1) is 0 Å². The number of nitriles is 1. The molecule has 0 bridgehead atoms. The summed E-state index contributed by atoms with van der Waals surface area (Å²) in [5.41, 5.74) is -0.375. The van der Waals surface area contributed by atoms with Crippen molar-refractivity contribution in [1.82, 2.24) is 19.8 Å². The second-order valence-electron chi connectivity index (χ2n) is 12.3. The van der Waals surface area contributed by atoms with Crippen LogP contribution in [-0.4, -0.2) is 84.6 Å². The first-order chi connectivity index (χ1) is 20.9. The highest BCUT2D eigenvalue weighted by Crippen LogP contribution is 2.46. The number of piperazine rings is 1. The summed E-state index contributed by atoms with van der Waals surface area (Å²) in [6.45, 7) is 7.54. The summed E-state index contributed by atoms with van der Waals surface area (Å²) in [4.78, 5) is 29.1. The molecule has 44 heavy (non-hydrogen) atoms. The lowest BCUT2D eigenvalue weighted by Gasteiger charge is -2.43. The van der Waals surface area contributed by atoms with Crippen molar-refractivity contribution < 1.29 is 27.1 Å². The highest BCUT2D eigenvalue weighted by Gasteiger charge is 2.45. The van der Waals surface area contributed by atoms with Gasteiger partial charge in [0.1, 0.15) is 11.6 Å². The minimum absolute atomic E-state index is 0.0210. The Morgan fingerprint density at radius 1 is 1.27 bits per heavy atom. The van der Waals surface area contributed by atoms with Crippen LogP contribution in [0.15, 0.2) is 30.9 Å². The molecule has 3 heterocycles. The lowest BCUT2D eigenvalue weighted by molar-refractivity contribution is -0.137. The molecule has 1 aliphatic carbocycles. The molecule has 2 fully saturated rings. The number of hydrogen-bond donors (Lipinski definition) is 0. The van der Waals surface area contributed by atoms with Gasteiger partial charge in [-0.3, -0.25) is 4.79 Å². The van der Waals surface area contributed by atoms with Gasteiger partial charge >= 0.3 is 12.2 Å². The highest BCUT2D eigenvalue weighted by atomic mass is 19.4. The van der Waals surface area contributed by atoms with Gasteiger partial charge in [0.2, 0.25) is 5.91 Å². The second kappa shape index (κ2) is 12.2. The van der Waals surface area contributed by atoms with Gasteiger partial charge in [0.25, 0.3) is 0 Å². The molecule has 1 aromatic carbocycles. The number of anilines is 2. The average molecular weight is 616 g/mol. The van der Waals surface area contributed by atoms with E-state index < -0.39 is 35.3 Å². The number of aromatic nitrogens is 2. The summed E-state index contributed by atoms with van der Waals surface area (Å²) in [6, 6.07) is 4.32. The molecule has 236 valence electrons. The minimum Gasteiger partial charge on any atom is -0.463 e. The summed E-state index contributed by atoms with van der Waals surface area (Å²) in [5.74, 6) is -0.654. The number of fused-ring (bicyclic) bond motifs is 1. The van der Waals surface area contributed by atoms with Gasteiger partial charge in [-0.05, 0) is 58.5 Å². The molecule has 1 amide bonds. The van der Waals surface area contributed by atoms with Crippen LogP contribution in [0.25, 0.3) is 0 Å². The van der Waals surface area contributed by atoms with Gasteiger partial charge in [0, 0.05) is 43.2 Å². The Balaban J connectivity index is 1.53. The number of carbonyl (C=O) groups is 1. The Kier molecular flexibility index (Phi) is 8.75. The van der Waals surface area contributed by atoms with Crippen molar-refractivity contribution in [2.45, 2.75) is 57.4 Å². The van der Waals surface area contributed by atoms with E-state index in [1.54, 1.807) is 11.8 Å². The smallest absolute Gasteiger partial charge is 0.418 e. The van der Waals surface area contributed by atoms with Crippen molar-refractivity contribution >= 4 is 17.4 Å². The Morgan fingerprint density at radius 2 is 2.02 bits per heavy atom. The number of para-hydroxylation sites is 1. The number of amides is 1. The molecule has 0 radical (unpaired) electrons. The van der Waals surface area contributed by atoms with E-state index in [9.17, 15) is 23.2 Å². The third kappa shape index (κ3) is 6.45. The first-order valence-electron chi connectivity index (χ1n) is 14.7. The molecular formula is C31H37F4N7O2. The highest BCUT2D eigenvalue weighted by molar-refractivity contribution is 5.87. The fraction of sp³-hybridized carbons (Fsp3) is 0.548. The lowest BCUT2D eigenvalue weighted by Crippen LogP contribution is -2.55. The number of alkyl halides is 3. The largest absolute Gasteiger partial charge is 0.463 e. The number of rotatable bonds is 9. The van der Waals surface area contributed by atoms with Crippen molar-refractivity contribution in [3.05, 3.63) is 53.5 Å².